The number of hydrogen-bond acceptors (Lipinski definition) is 3. The summed E-state index contributed by atoms with van der Waals surface area (Å²) in [5, 5.41) is 4.49. The molecule has 0 aliphatic heterocycles. The molecule has 0 aliphatic rings. The van der Waals surface area contributed by atoms with Gasteiger partial charge in [-0.2, -0.15) is 0 Å². The molecule has 5 rings (SSSR count). The van der Waals surface area contributed by atoms with E-state index >= 15 is 4.39 Å². The monoisotopic (exact) mass is 432 g/mol. The molecule has 0 spiro atoms. The molecular weight excluding hydrogens is 415 g/mol. The lowest BCUT2D eigenvalue weighted by atomic mass is 10.0. The van der Waals surface area contributed by atoms with Gasteiger partial charge in [0.05, 0.1) is 21.5 Å². The summed E-state index contributed by atoms with van der Waals surface area (Å²) in [7, 11) is 1.69. The first-order valence-corrected chi connectivity index (χ1v) is 10.2. The topological polar surface area (TPSA) is 47.2 Å². The molecule has 0 saturated carbocycles. The van der Waals surface area contributed by atoms with Gasteiger partial charge in [0.1, 0.15) is 5.82 Å². The summed E-state index contributed by atoms with van der Waals surface area (Å²) in [6.45, 7) is 1.95. The van der Waals surface area contributed by atoms with E-state index < -0.39 is 5.82 Å². The summed E-state index contributed by atoms with van der Waals surface area (Å²) >= 11 is 6.42. The summed E-state index contributed by atoms with van der Waals surface area (Å²) in [6.07, 6.45) is 0. The highest BCUT2D eigenvalue weighted by atomic mass is 35.5. The summed E-state index contributed by atoms with van der Waals surface area (Å²) in [5.41, 5.74) is 3.04. The first-order valence-electron chi connectivity index (χ1n) is 9.78. The van der Waals surface area contributed by atoms with Crippen molar-refractivity contribution in [3.8, 4) is 11.1 Å². The molecule has 6 heteroatoms. The number of nitrogens with zero attached hydrogens (tertiary/aromatic N) is 1. The van der Waals surface area contributed by atoms with E-state index in [1.807, 2.05) is 55.5 Å². The summed E-state index contributed by atoms with van der Waals surface area (Å²) in [6, 6.07) is 19.6. The molecule has 1 N–H and O–H groups in total. The van der Waals surface area contributed by atoms with Crippen LogP contribution in [0.3, 0.4) is 0 Å². The zero-order valence-electron chi connectivity index (χ0n) is 16.9. The molecule has 0 aliphatic carbocycles. The summed E-state index contributed by atoms with van der Waals surface area (Å²) in [5.74, 6) is -0.261. The molecule has 0 unspecified atom stereocenters. The average Bonchev–Trinajstić information content (AvgIpc) is 3.13. The number of furan rings is 1. The summed E-state index contributed by atoms with van der Waals surface area (Å²) < 4.78 is 22.8. The SMILES string of the molecule is Cc1ccccc1Nc1oc2c(c1-c1c(F)cccc1Cl)c(=O)n(C)c1ccccc21. The van der Waals surface area contributed by atoms with Crippen molar-refractivity contribution < 1.29 is 8.81 Å². The van der Waals surface area contributed by atoms with Gasteiger partial charge >= 0.3 is 0 Å². The van der Waals surface area contributed by atoms with Crippen LogP contribution in [0.5, 0.6) is 0 Å². The number of pyridine rings is 1. The van der Waals surface area contributed by atoms with Crippen LogP contribution < -0.4 is 10.9 Å². The van der Waals surface area contributed by atoms with E-state index in [0.29, 0.717) is 11.1 Å². The number of hydrogen-bond donors (Lipinski definition) is 1. The third-order valence-corrected chi connectivity index (χ3v) is 5.86. The van der Waals surface area contributed by atoms with Crippen molar-refractivity contribution in [2.45, 2.75) is 6.92 Å². The second kappa shape index (κ2) is 7.29. The molecule has 0 saturated heterocycles. The van der Waals surface area contributed by atoms with Crippen LogP contribution in [0.1, 0.15) is 5.56 Å². The Labute approximate surface area is 182 Å². The zero-order chi connectivity index (χ0) is 21.7. The van der Waals surface area contributed by atoms with E-state index in [4.69, 9.17) is 16.0 Å². The molecule has 2 aromatic heterocycles. The minimum absolute atomic E-state index is 0.131. The van der Waals surface area contributed by atoms with Crippen LogP contribution in [0.25, 0.3) is 33.0 Å². The molecule has 4 nitrogen and oxygen atoms in total. The Morgan fingerprint density at radius 1 is 0.968 bits per heavy atom. The van der Waals surface area contributed by atoms with Crippen LogP contribution in [-0.4, -0.2) is 4.57 Å². The third kappa shape index (κ3) is 3.01. The molecule has 2 heterocycles. The molecule has 0 amide bonds. The maximum atomic E-state index is 15.0. The first kappa shape index (κ1) is 19.4. The number of anilines is 2. The van der Waals surface area contributed by atoms with Crippen molar-refractivity contribution >= 4 is 45.0 Å². The predicted molar refractivity (Wildman–Crippen MR) is 124 cm³/mol. The predicted octanol–water partition coefficient (Wildman–Crippen LogP) is 6.80. The largest absolute Gasteiger partial charge is 0.439 e. The highest BCUT2D eigenvalue weighted by molar-refractivity contribution is 6.34. The van der Waals surface area contributed by atoms with Gasteiger partial charge in [0.15, 0.2) is 5.58 Å². The number of nitrogens with one attached hydrogen (secondary N) is 1. The van der Waals surface area contributed by atoms with Gasteiger partial charge in [0, 0.05) is 23.7 Å². The van der Waals surface area contributed by atoms with Crippen molar-refractivity contribution in [2.24, 2.45) is 7.05 Å². The minimum Gasteiger partial charge on any atom is -0.439 e. The van der Waals surface area contributed by atoms with Crippen LogP contribution in [0.4, 0.5) is 16.0 Å². The van der Waals surface area contributed by atoms with Gasteiger partial charge in [-0.05, 0) is 42.8 Å². The minimum atomic E-state index is -0.529. The molecule has 0 radical (unpaired) electrons. The van der Waals surface area contributed by atoms with Gasteiger partial charge in [-0.1, -0.05) is 48.0 Å². The zero-order valence-corrected chi connectivity index (χ0v) is 17.6. The molecular formula is C25H18ClFN2O2. The van der Waals surface area contributed by atoms with E-state index in [-0.39, 0.29) is 27.4 Å². The van der Waals surface area contributed by atoms with E-state index in [0.717, 1.165) is 22.2 Å². The Balaban J connectivity index is 1.94. The highest BCUT2D eigenvalue weighted by Gasteiger charge is 2.26. The van der Waals surface area contributed by atoms with Crippen molar-refractivity contribution in [1.29, 1.82) is 0 Å². The van der Waals surface area contributed by atoms with E-state index in [2.05, 4.69) is 5.32 Å². The van der Waals surface area contributed by atoms with Crippen LogP contribution in [0, 0.1) is 12.7 Å². The van der Waals surface area contributed by atoms with E-state index in [9.17, 15) is 4.79 Å². The number of para-hydroxylation sites is 2. The molecule has 3 aromatic carbocycles. The lowest BCUT2D eigenvalue weighted by Gasteiger charge is -2.11. The van der Waals surface area contributed by atoms with Gasteiger partial charge in [-0.25, -0.2) is 4.39 Å². The number of fused-ring (bicyclic) bond motifs is 3. The number of benzene rings is 3. The average molecular weight is 433 g/mol. The molecule has 0 fully saturated rings. The number of aromatic nitrogens is 1. The van der Waals surface area contributed by atoms with Crippen molar-refractivity contribution in [3.05, 3.63) is 93.5 Å². The standard InChI is InChI=1S/C25H18ClFN2O2/c1-14-8-3-5-12-18(14)28-24-21(20-16(26)10-7-11-17(20)27)22-23(31-24)15-9-4-6-13-19(15)29(2)25(22)30/h3-13,28H,1-2H3. The number of rotatable bonds is 3. The van der Waals surface area contributed by atoms with Crippen LogP contribution in [0.2, 0.25) is 5.02 Å². The highest BCUT2D eigenvalue weighted by Crippen LogP contribution is 2.44. The first-order chi connectivity index (χ1) is 15.0. The summed E-state index contributed by atoms with van der Waals surface area (Å²) in [4.78, 5) is 13.4. The number of aryl methyl sites for hydroxylation is 2. The van der Waals surface area contributed by atoms with Crippen LogP contribution in [-0.2, 0) is 7.05 Å². The second-order valence-electron chi connectivity index (χ2n) is 7.43. The Hall–Kier alpha value is -3.57. The molecule has 154 valence electrons. The Morgan fingerprint density at radius 3 is 2.48 bits per heavy atom. The fraction of sp³-hybridized carbons (Fsp3) is 0.0800. The van der Waals surface area contributed by atoms with E-state index in [1.165, 1.54) is 12.1 Å². The van der Waals surface area contributed by atoms with Crippen molar-refractivity contribution in [2.75, 3.05) is 5.32 Å². The fourth-order valence-electron chi connectivity index (χ4n) is 3.96. The lowest BCUT2D eigenvalue weighted by Crippen LogP contribution is -2.17. The maximum Gasteiger partial charge on any atom is 0.262 e. The molecule has 5 aromatic rings. The molecule has 31 heavy (non-hydrogen) atoms. The lowest BCUT2D eigenvalue weighted by molar-refractivity contribution is 0.626. The Morgan fingerprint density at radius 2 is 1.71 bits per heavy atom. The third-order valence-electron chi connectivity index (χ3n) is 5.54. The second-order valence-corrected chi connectivity index (χ2v) is 7.84. The van der Waals surface area contributed by atoms with Crippen LogP contribution in [0.15, 0.2) is 75.9 Å². The normalized spacial score (nSPS) is 11.4. The van der Waals surface area contributed by atoms with Crippen molar-refractivity contribution in [3.63, 3.8) is 0 Å². The quantitative estimate of drug-likeness (QED) is 0.341. The molecule has 0 bridgehead atoms. The van der Waals surface area contributed by atoms with Gasteiger partial charge in [0.25, 0.3) is 5.56 Å². The van der Waals surface area contributed by atoms with Gasteiger partial charge < -0.3 is 14.3 Å². The molecule has 0 atom stereocenters. The van der Waals surface area contributed by atoms with Crippen molar-refractivity contribution in [1.82, 2.24) is 4.57 Å². The van der Waals surface area contributed by atoms with Gasteiger partial charge in [-0.3, -0.25) is 4.79 Å². The number of halogens is 2. The van der Waals surface area contributed by atoms with Gasteiger partial charge in [0.2, 0.25) is 5.88 Å². The van der Waals surface area contributed by atoms with Crippen LogP contribution >= 0.6 is 11.6 Å². The maximum absolute atomic E-state index is 15.0. The van der Waals surface area contributed by atoms with Gasteiger partial charge in [-0.15, -0.1) is 0 Å². The van der Waals surface area contributed by atoms with E-state index in [1.54, 1.807) is 17.7 Å². The smallest absolute Gasteiger partial charge is 0.262 e. The Bertz CT molecular complexity index is 1510. The fourth-order valence-corrected chi connectivity index (χ4v) is 4.22. The Kier molecular flexibility index (Phi) is 4.56.